The first kappa shape index (κ1) is 15.3. The van der Waals surface area contributed by atoms with Crippen LogP contribution in [0, 0.1) is 0 Å². The first-order valence-corrected chi connectivity index (χ1v) is 7.32. The number of methoxy groups -OCH3 is 1. The van der Waals surface area contributed by atoms with E-state index < -0.39 is 0 Å². The SMILES string of the molecule is COc1coc(CC(=O)CCCCCc2ccccc2)n1. The molecule has 0 saturated carbocycles. The molecule has 4 nitrogen and oxygen atoms in total. The van der Waals surface area contributed by atoms with Crippen molar-refractivity contribution in [3.63, 3.8) is 0 Å². The molecule has 0 fully saturated rings. The third-order valence-corrected chi connectivity index (χ3v) is 3.35. The van der Waals surface area contributed by atoms with Crippen LogP contribution < -0.4 is 4.74 Å². The number of aryl methyl sites for hydroxylation is 1. The van der Waals surface area contributed by atoms with Crippen LogP contribution in [0.4, 0.5) is 0 Å². The third kappa shape index (κ3) is 5.42. The Labute approximate surface area is 125 Å². The van der Waals surface area contributed by atoms with E-state index in [-0.39, 0.29) is 12.2 Å². The predicted molar refractivity (Wildman–Crippen MR) is 80.4 cm³/mol. The summed E-state index contributed by atoms with van der Waals surface area (Å²) < 4.78 is 10.1. The highest BCUT2D eigenvalue weighted by Crippen LogP contribution is 2.12. The molecule has 0 bridgehead atoms. The van der Waals surface area contributed by atoms with Gasteiger partial charge in [0.1, 0.15) is 5.78 Å². The Morgan fingerprint density at radius 2 is 2.00 bits per heavy atom. The first-order valence-electron chi connectivity index (χ1n) is 7.32. The second kappa shape index (κ2) is 8.25. The Kier molecular flexibility index (Phi) is 6.00. The van der Waals surface area contributed by atoms with Crippen LogP contribution in [0.2, 0.25) is 0 Å². The van der Waals surface area contributed by atoms with Crippen molar-refractivity contribution in [2.75, 3.05) is 7.11 Å². The van der Waals surface area contributed by atoms with Gasteiger partial charge in [0.25, 0.3) is 5.88 Å². The maximum absolute atomic E-state index is 11.8. The molecule has 4 heteroatoms. The van der Waals surface area contributed by atoms with Gasteiger partial charge in [0.05, 0.1) is 13.5 Å². The molecular weight excluding hydrogens is 266 g/mol. The van der Waals surface area contributed by atoms with Crippen LogP contribution in [-0.4, -0.2) is 17.9 Å². The summed E-state index contributed by atoms with van der Waals surface area (Å²) in [6, 6.07) is 10.4. The summed E-state index contributed by atoms with van der Waals surface area (Å²) in [5.74, 6) is 1.01. The average Bonchev–Trinajstić information content (AvgIpc) is 2.95. The lowest BCUT2D eigenvalue weighted by atomic mass is 10.0. The Hall–Kier alpha value is -2.10. The van der Waals surface area contributed by atoms with E-state index >= 15 is 0 Å². The summed E-state index contributed by atoms with van der Waals surface area (Å²) in [6.45, 7) is 0. The molecule has 0 spiro atoms. The van der Waals surface area contributed by atoms with Gasteiger partial charge in [-0.15, -0.1) is 0 Å². The summed E-state index contributed by atoms with van der Waals surface area (Å²) in [5, 5.41) is 0. The topological polar surface area (TPSA) is 52.3 Å². The van der Waals surface area contributed by atoms with Crippen LogP contribution >= 0.6 is 0 Å². The molecule has 0 aliphatic heterocycles. The van der Waals surface area contributed by atoms with Gasteiger partial charge in [-0.25, -0.2) is 0 Å². The quantitative estimate of drug-likeness (QED) is 0.661. The summed E-state index contributed by atoms with van der Waals surface area (Å²) in [4.78, 5) is 15.8. The third-order valence-electron chi connectivity index (χ3n) is 3.35. The van der Waals surface area contributed by atoms with Crippen LogP contribution in [0.5, 0.6) is 5.88 Å². The van der Waals surface area contributed by atoms with Gasteiger partial charge in [-0.3, -0.25) is 4.79 Å². The number of ether oxygens (including phenoxy) is 1. The number of Topliss-reactive ketones (excluding diaryl/α,β-unsaturated/α-hetero) is 1. The fraction of sp³-hybridized carbons (Fsp3) is 0.412. The Morgan fingerprint density at radius 3 is 2.71 bits per heavy atom. The highest BCUT2D eigenvalue weighted by molar-refractivity contribution is 5.79. The van der Waals surface area contributed by atoms with Crippen molar-refractivity contribution in [3.05, 3.63) is 48.0 Å². The number of carbonyl (C=O) groups is 1. The maximum Gasteiger partial charge on any atom is 0.252 e. The molecule has 0 aliphatic carbocycles. The van der Waals surface area contributed by atoms with E-state index in [1.165, 1.54) is 18.9 Å². The van der Waals surface area contributed by atoms with E-state index in [1.54, 1.807) is 0 Å². The highest BCUT2D eigenvalue weighted by Gasteiger charge is 2.09. The van der Waals surface area contributed by atoms with Gasteiger partial charge >= 0.3 is 0 Å². The lowest BCUT2D eigenvalue weighted by Gasteiger charge is -2.01. The number of nitrogens with zero attached hydrogens (tertiary/aromatic N) is 1. The van der Waals surface area contributed by atoms with Gasteiger partial charge in [-0.2, -0.15) is 4.98 Å². The maximum atomic E-state index is 11.8. The number of benzene rings is 1. The molecule has 0 atom stereocenters. The second-order valence-corrected chi connectivity index (χ2v) is 5.05. The molecule has 2 rings (SSSR count). The minimum atomic E-state index is 0.166. The van der Waals surface area contributed by atoms with Crippen LogP contribution in [0.3, 0.4) is 0 Å². The summed E-state index contributed by atoms with van der Waals surface area (Å²) in [6.07, 6.45) is 6.43. The highest BCUT2D eigenvalue weighted by atomic mass is 16.5. The van der Waals surface area contributed by atoms with Crippen molar-refractivity contribution < 1.29 is 13.9 Å². The molecule has 2 aromatic rings. The van der Waals surface area contributed by atoms with E-state index in [4.69, 9.17) is 9.15 Å². The van der Waals surface area contributed by atoms with Crippen molar-refractivity contribution >= 4 is 5.78 Å². The molecule has 0 unspecified atom stereocenters. The molecule has 112 valence electrons. The minimum Gasteiger partial charge on any atom is -0.479 e. The summed E-state index contributed by atoms with van der Waals surface area (Å²) in [5.41, 5.74) is 1.36. The molecular formula is C17H21NO3. The van der Waals surface area contributed by atoms with E-state index in [1.807, 2.05) is 6.07 Å². The molecule has 0 radical (unpaired) electrons. The van der Waals surface area contributed by atoms with Gasteiger partial charge < -0.3 is 9.15 Å². The van der Waals surface area contributed by atoms with Crippen LogP contribution in [0.1, 0.15) is 37.1 Å². The van der Waals surface area contributed by atoms with Gasteiger partial charge in [-0.1, -0.05) is 36.8 Å². The molecule has 0 N–H and O–H groups in total. The number of ketones is 1. The van der Waals surface area contributed by atoms with Crippen molar-refractivity contribution in [2.45, 2.75) is 38.5 Å². The summed E-state index contributed by atoms with van der Waals surface area (Å²) >= 11 is 0. The van der Waals surface area contributed by atoms with Crippen molar-refractivity contribution in [1.29, 1.82) is 0 Å². The van der Waals surface area contributed by atoms with Gasteiger partial charge in [-0.05, 0) is 24.8 Å². The van der Waals surface area contributed by atoms with Crippen LogP contribution in [-0.2, 0) is 17.6 Å². The lowest BCUT2D eigenvalue weighted by Crippen LogP contribution is -2.03. The van der Waals surface area contributed by atoms with Gasteiger partial charge in [0.15, 0.2) is 6.26 Å². The van der Waals surface area contributed by atoms with Gasteiger partial charge in [0, 0.05) is 6.42 Å². The number of oxazole rings is 1. The van der Waals surface area contributed by atoms with Crippen molar-refractivity contribution in [3.8, 4) is 5.88 Å². The standard InChI is InChI=1S/C17H21NO3/c1-20-17-13-21-16(18-17)12-15(19)11-7-3-6-10-14-8-4-2-5-9-14/h2,4-5,8-9,13H,3,6-7,10-12H2,1H3. The van der Waals surface area contributed by atoms with Crippen LogP contribution in [0.25, 0.3) is 0 Å². The average molecular weight is 287 g/mol. The minimum absolute atomic E-state index is 0.166. The number of hydrogen-bond acceptors (Lipinski definition) is 4. The fourth-order valence-electron chi connectivity index (χ4n) is 2.20. The fourth-order valence-corrected chi connectivity index (χ4v) is 2.20. The zero-order valence-electron chi connectivity index (χ0n) is 12.4. The van der Waals surface area contributed by atoms with E-state index in [0.29, 0.717) is 18.2 Å². The predicted octanol–water partition coefficient (Wildman–Crippen LogP) is 3.60. The lowest BCUT2D eigenvalue weighted by molar-refractivity contribution is -0.118. The molecule has 1 heterocycles. The normalized spacial score (nSPS) is 10.5. The Bertz CT molecular complexity index is 548. The smallest absolute Gasteiger partial charge is 0.252 e. The van der Waals surface area contributed by atoms with E-state index in [0.717, 1.165) is 25.7 Å². The second-order valence-electron chi connectivity index (χ2n) is 5.05. The Morgan fingerprint density at radius 1 is 1.19 bits per heavy atom. The molecule has 0 amide bonds. The molecule has 0 saturated heterocycles. The molecule has 0 aliphatic rings. The molecule has 1 aromatic carbocycles. The monoisotopic (exact) mass is 287 g/mol. The molecule has 21 heavy (non-hydrogen) atoms. The van der Waals surface area contributed by atoms with E-state index in [2.05, 4.69) is 29.2 Å². The van der Waals surface area contributed by atoms with E-state index in [9.17, 15) is 4.79 Å². The van der Waals surface area contributed by atoms with Gasteiger partial charge in [0.2, 0.25) is 5.89 Å². The van der Waals surface area contributed by atoms with Crippen molar-refractivity contribution in [2.24, 2.45) is 0 Å². The van der Waals surface area contributed by atoms with Crippen LogP contribution in [0.15, 0.2) is 41.0 Å². The van der Waals surface area contributed by atoms with Crippen molar-refractivity contribution in [1.82, 2.24) is 4.98 Å². The number of hydrogen-bond donors (Lipinski definition) is 0. The number of aromatic nitrogens is 1. The summed E-state index contributed by atoms with van der Waals surface area (Å²) in [7, 11) is 1.52. The first-order chi connectivity index (χ1) is 10.3. The number of carbonyl (C=O) groups excluding carboxylic acids is 1. The largest absolute Gasteiger partial charge is 0.479 e. The Balaban J connectivity index is 1.59. The zero-order valence-corrected chi connectivity index (χ0v) is 12.4. The number of rotatable bonds is 9. The number of unbranched alkanes of at least 4 members (excludes halogenated alkanes) is 2. The molecule has 1 aromatic heterocycles. The zero-order chi connectivity index (χ0) is 14.9.